The van der Waals surface area contributed by atoms with Gasteiger partial charge in [-0.3, -0.25) is 0 Å². The van der Waals surface area contributed by atoms with Crippen LogP contribution in [0.1, 0.15) is 91.8 Å². The summed E-state index contributed by atoms with van der Waals surface area (Å²) >= 11 is 0. The fourth-order valence-electron chi connectivity index (χ4n) is 5.00. The number of fused-ring (bicyclic) bond motifs is 1. The Morgan fingerprint density at radius 3 is 2.50 bits per heavy atom. The average molecular weight is 469 g/mol. The lowest BCUT2D eigenvalue weighted by Gasteiger charge is -2.31. The van der Waals surface area contributed by atoms with E-state index in [-0.39, 0.29) is 23.5 Å². The van der Waals surface area contributed by atoms with Crippen LogP contribution >= 0.6 is 0 Å². The minimum atomic E-state index is -0.596. The molecule has 3 atom stereocenters. The Morgan fingerprint density at radius 1 is 1.00 bits per heavy atom. The van der Waals surface area contributed by atoms with Crippen LogP contribution in [-0.4, -0.2) is 31.4 Å². The number of unbranched alkanes of at least 4 members (excludes halogenated alkanes) is 1. The third-order valence-electron chi connectivity index (χ3n) is 7.04. The van der Waals surface area contributed by atoms with Crippen molar-refractivity contribution >= 4 is 5.97 Å². The molecule has 0 saturated carbocycles. The van der Waals surface area contributed by atoms with Gasteiger partial charge >= 0.3 is 5.97 Å². The van der Waals surface area contributed by atoms with Crippen molar-refractivity contribution < 1.29 is 23.4 Å². The molecule has 2 aromatic rings. The van der Waals surface area contributed by atoms with Gasteiger partial charge in [-0.1, -0.05) is 57.0 Å². The smallest absolute Gasteiger partial charge is 0.341 e. The Hall–Kier alpha value is -2.40. The average Bonchev–Trinajstić information content (AvgIpc) is 2.85. The van der Waals surface area contributed by atoms with Crippen molar-refractivity contribution in [2.45, 2.75) is 89.8 Å². The van der Waals surface area contributed by atoms with Crippen LogP contribution in [0.15, 0.2) is 36.4 Å². The maximum absolute atomic E-state index is 14.8. The third-order valence-corrected chi connectivity index (χ3v) is 7.04. The third kappa shape index (κ3) is 5.99. The minimum Gasteiger partial charge on any atom is -0.490 e. The number of esters is 1. The predicted molar refractivity (Wildman–Crippen MR) is 131 cm³/mol. The highest BCUT2D eigenvalue weighted by Gasteiger charge is 2.32. The van der Waals surface area contributed by atoms with Crippen LogP contribution in [0.2, 0.25) is 0 Å². The topological polar surface area (TPSA) is 44.8 Å². The molecule has 0 aliphatic carbocycles. The second kappa shape index (κ2) is 11.8. The molecule has 34 heavy (non-hydrogen) atoms. The SMILES string of the molecule is CCCCOc1ccc2c(c1F)C(=O)OC(CCC1CCC(c3ccc(CCC)cc3)CO1)C2. The van der Waals surface area contributed by atoms with Crippen molar-refractivity contribution in [3.63, 3.8) is 0 Å². The molecule has 0 spiro atoms. The lowest BCUT2D eigenvalue weighted by molar-refractivity contribution is -0.0152. The Balaban J connectivity index is 1.26. The number of carbonyl (C=O) groups is 1. The summed E-state index contributed by atoms with van der Waals surface area (Å²) in [5.41, 5.74) is 3.49. The van der Waals surface area contributed by atoms with Gasteiger partial charge in [0.1, 0.15) is 11.7 Å². The number of aryl methyl sites for hydroxylation is 1. The monoisotopic (exact) mass is 468 g/mol. The van der Waals surface area contributed by atoms with E-state index in [4.69, 9.17) is 14.2 Å². The van der Waals surface area contributed by atoms with E-state index in [0.717, 1.165) is 51.6 Å². The molecule has 4 nitrogen and oxygen atoms in total. The molecule has 0 amide bonds. The summed E-state index contributed by atoms with van der Waals surface area (Å²) in [7, 11) is 0. The summed E-state index contributed by atoms with van der Waals surface area (Å²) in [5.74, 6) is -0.599. The van der Waals surface area contributed by atoms with Gasteiger partial charge in [-0.25, -0.2) is 9.18 Å². The maximum Gasteiger partial charge on any atom is 0.341 e. The first-order chi connectivity index (χ1) is 16.6. The Kier molecular flexibility index (Phi) is 8.60. The number of rotatable bonds is 10. The Morgan fingerprint density at radius 2 is 1.79 bits per heavy atom. The molecule has 2 aliphatic heterocycles. The highest BCUT2D eigenvalue weighted by molar-refractivity contribution is 5.93. The van der Waals surface area contributed by atoms with Crippen LogP contribution in [-0.2, 0) is 22.3 Å². The second-order valence-electron chi connectivity index (χ2n) is 9.64. The number of hydrogen-bond donors (Lipinski definition) is 0. The van der Waals surface area contributed by atoms with E-state index in [1.807, 2.05) is 6.92 Å². The summed E-state index contributed by atoms with van der Waals surface area (Å²) in [4.78, 5) is 12.6. The predicted octanol–water partition coefficient (Wildman–Crippen LogP) is 6.78. The van der Waals surface area contributed by atoms with E-state index in [2.05, 4.69) is 31.2 Å². The number of cyclic esters (lactones) is 1. The summed E-state index contributed by atoms with van der Waals surface area (Å²) in [6, 6.07) is 12.4. The van der Waals surface area contributed by atoms with Crippen molar-refractivity contribution in [3.8, 4) is 5.75 Å². The van der Waals surface area contributed by atoms with Crippen molar-refractivity contribution in [3.05, 3.63) is 64.5 Å². The van der Waals surface area contributed by atoms with Gasteiger partial charge in [0.2, 0.25) is 0 Å². The van der Waals surface area contributed by atoms with Crippen molar-refractivity contribution in [2.75, 3.05) is 13.2 Å². The molecule has 4 rings (SSSR count). The van der Waals surface area contributed by atoms with E-state index in [0.29, 0.717) is 24.5 Å². The van der Waals surface area contributed by atoms with Crippen LogP contribution in [0.5, 0.6) is 5.75 Å². The largest absolute Gasteiger partial charge is 0.490 e. The van der Waals surface area contributed by atoms with Crippen LogP contribution in [0.3, 0.4) is 0 Å². The van der Waals surface area contributed by atoms with Crippen LogP contribution in [0.25, 0.3) is 0 Å². The first kappa shape index (κ1) is 24.7. The van der Waals surface area contributed by atoms with Gasteiger partial charge < -0.3 is 14.2 Å². The molecule has 5 heteroatoms. The summed E-state index contributed by atoms with van der Waals surface area (Å²) in [6.45, 7) is 5.43. The first-order valence-electron chi connectivity index (χ1n) is 12.9. The maximum atomic E-state index is 14.8. The molecule has 2 heterocycles. The minimum absolute atomic E-state index is 0.0342. The first-order valence-corrected chi connectivity index (χ1v) is 12.9. The standard InChI is InChI=1S/C29H37FO4/c1-3-5-17-32-26-16-12-22-18-25(34-29(31)27(22)28(26)30)15-14-24-13-11-23(19-33-24)21-9-7-20(6-4-2)8-10-21/h7-10,12,16,23-25H,3-6,11,13-15,17-19H2,1-2H3. The molecule has 2 aromatic carbocycles. The van der Waals surface area contributed by atoms with E-state index in [9.17, 15) is 9.18 Å². The van der Waals surface area contributed by atoms with Gasteiger partial charge in [-0.15, -0.1) is 0 Å². The van der Waals surface area contributed by atoms with Gasteiger partial charge in [0, 0.05) is 12.3 Å². The normalized spacial score (nSPS) is 22.2. The van der Waals surface area contributed by atoms with Crippen molar-refractivity contribution in [1.82, 2.24) is 0 Å². The highest BCUT2D eigenvalue weighted by atomic mass is 19.1. The second-order valence-corrected chi connectivity index (χ2v) is 9.64. The molecule has 1 fully saturated rings. The Labute approximate surface area is 202 Å². The quantitative estimate of drug-likeness (QED) is 0.285. The number of carbonyl (C=O) groups excluding carboxylic acids is 1. The molecule has 1 saturated heterocycles. The van der Waals surface area contributed by atoms with Gasteiger partial charge in [-0.05, 0) is 61.3 Å². The molecule has 0 N–H and O–H groups in total. The highest BCUT2D eigenvalue weighted by Crippen LogP contribution is 2.33. The van der Waals surface area contributed by atoms with Gasteiger partial charge in [0.05, 0.1) is 19.3 Å². The van der Waals surface area contributed by atoms with E-state index >= 15 is 0 Å². The lowest BCUT2D eigenvalue weighted by Crippen LogP contribution is -2.31. The molecular weight excluding hydrogens is 431 g/mol. The summed E-state index contributed by atoms with van der Waals surface area (Å²) in [5, 5.41) is 0. The lowest BCUT2D eigenvalue weighted by atomic mass is 9.88. The van der Waals surface area contributed by atoms with Gasteiger partial charge in [0.15, 0.2) is 11.6 Å². The number of benzene rings is 2. The number of ether oxygens (including phenoxy) is 3. The van der Waals surface area contributed by atoms with E-state index < -0.39 is 11.8 Å². The number of hydrogen-bond acceptors (Lipinski definition) is 4. The molecular formula is C29H37FO4. The zero-order valence-corrected chi connectivity index (χ0v) is 20.5. The van der Waals surface area contributed by atoms with E-state index in [1.165, 1.54) is 17.5 Å². The zero-order chi connectivity index (χ0) is 23.9. The Bertz CT molecular complexity index is 947. The van der Waals surface area contributed by atoms with Crippen LogP contribution in [0.4, 0.5) is 4.39 Å². The molecule has 184 valence electrons. The van der Waals surface area contributed by atoms with E-state index in [1.54, 1.807) is 12.1 Å². The summed E-state index contributed by atoms with van der Waals surface area (Å²) in [6.07, 6.45) is 8.26. The molecule has 3 unspecified atom stereocenters. The molecule has 0 bridgehead atoms. The summed E-state index contributed by atoms with van der Waals surface area (Å²) < 4.78 is 32.1. The van der Waals surface area contributed by atoms with Crippen LogP contribution < -0.4 is 4.74 Å². The number of halogens is 1. The zero-order valence-electron chi connectivity index (χ0n) is 20.5. The van der Waals surface area contributed by atoms with Crippen LogP contribution in [0, 0.1) is 5.82 Å². The van der Waals surface area contributed by atoms with Crippen molar-refractivity contribution in [2.24, 2.45) is 0 Å². The fraction of sp³-hybridized carbons (Fsp3) is 0.552. The fourth-order valence-corrected chi connectivity index (χ4v) is 5.00. The molecule has 2 aliphatic rings. The molecule has 0 radical (unpaired) electrons. The van der Waals surface area contributed by atoms with Gasteiger partial charge in [0.25, 0.3) is 0 Å². The van der Waals surface area contributed by atoms with Gasteiger partial charge in [-0.2, -0.15) is 0 Å². The van der Waals surface area contributed by atoms with Crippen molar-refractivity contribution in [1.29, 1.82) is 0 Å². The molecule has 0 aromatic heterocycles.